The summed E-state index contributed by atoms with van der Waals surface area (Å²) in [6.07, 6.45) is -0.0636. The second kappa shape index (κ2) is 10.1. The molecular formula is C21H17Cl2N3O5. The predicted molar refractivity (Wildman–Crippen MR) is 116 cm³/mol. The van der Waals surface area contributed by atoms with Crippen molar-refractivity contribution in [2.45, 2.75) is 19.6 Å². The van der Waals surface area contributed by atoms with E-state index in [9.17, 15) is 14.9 Å². The Hall–Kier alpha value is -3.36. The Morgan fingerprint density at radius 2 is 1.61 bits per heavy atom. The Morgan fingerprint density at radius 1 is 1.00 bits per heavy atom. The highest BCUT2D eigenvalue weighted by Gasteiger charge is 2.16. The maximum Gasteiger partial charge on any atom is 0.310 e. The molecule has 1 heterocycles. The molecule has 0 bridgehead atoms. The maximum absolute atomic E-state index is 12.3. The van der Waals surface area contributed by atoms with E-state index in [2.05, 4.69) is 9.82 Å². The molecule has 0 unspecified atom stereocenters. The van der Waals surface area contributed by atoms with Crippen molar-refractivity contribution in [3.05, 3.63) is 91.7 Å². The maximum atomic E-state index is 12.3. The van der Waals surface area contributed by atoms with Gasteiger partial charge in [0.1, 0.15) is 13.2 Å². The van der Waals surface area contributed by atoms with Gasteiger partial charge in [-0.1, -0.05) is 53.5 Å². The minimum Gasteiger partial charge on any atom is -0.459 e. The number of carbonyl (C=O) groups is 1. The van der Waals surface area contributed by atoms with Crippen molar-refractivity contribution in [3.63, 3.8) is 0 Å². The van der Waals surface area contributed by atoms with Gasteiger partial charge in [-0.3, -0.25) is 9.78 Å². The summed E-state index contributed by atoms with van der Waals surface area (Å²) in [5.41, 5.74) is 9.23. The van der Waals surface area contributed by atoms with Crippen LogP contribution < -0.4 is 5.73 Å². The van der Waals surface area contributed by atoms with Crippen LogP contribution in [0.1, 0.15) is 17.0 Å². The van der Waals surface area contributed by atoms with Crippen LogP contribution in [0.25, 0.3) is 11.1 Å². The van der Waals surface area contributed by atoms with Gasteiger partial charge in [0, 0.05) is 26.9 Å². The summed E-state index contributed by atoms with van der Waals surface area (Å²) in [6.45, 7) is -0.385. The first-order chi connectivity index (χ1) is 14.8. The molecule has 0 saturated heterocycles. The molecule has 0 saturated carbocycles. The SMILES string of the molecule is Nc1c(CC(=O)OCc2cccc(CO[N+](=O)[O-])n2)cccc1-c1c(Cl)cccc1Cl. The highest BCUT2D eigenvalue weighted by atomic mass is 35.5. The number of nitrogens with two attached hydrogens (primary N) is 1. The summed E-state index contributed by atoms with van der Waals surface area (Å²) in [6, 6.07) is 15.3. The molecule has 0 aliphatic carbocycles. The standard InChI is InChI=1S/C21H17Cl2N3O5/c22-17-8-3-9-18(23)20(17)16-7-1-4-13(21(16)24)10-19(27)30-11-14-5-2-6-15(25-14)12-31-26(28)29/h1-9H,10-12,24H2. The topological polar surface area (TPSA) is 118 Å². The van der Waals surface area contributed by atoms with Gasteiger partial charge in [-0.25, -0.2) is 0 Å². The largest absolute Gasteiger partial charge is 0.459 e. The van der Waals surface area contributed by atoms with Crippen molar-refractivity contribution in [3.8, 4) is 11.1 Å². The lowest BCUT2D eigenvalue weighted by Gasteiger charge is -2.13. The molecule has 0 fully saturated rings. The van der Waals surface area contributed by atoms with E-state index >= 15 is 0 Å². The molecule has 3 aromatic rings. The highest BCUT2D eigenvalue weighted by molar-refractivity contribution is 6.39. The molecule has 0 radical (unpaired) electrons. The van der Waals surface area contributed by atoms with Crippen LogP contribution in [-0.2, 0) is 34.0 Å². The average molecular weight is 462 g/mol. The lowest BCUT2D eigenvalue weighted by molar-refractivity contribution is -0.763. The van der Waals surface area contributed by atoms with Crippen molar-refractivity contribution in [1.82, 2.24) is 4.98 Å². The lowest BCUT2D eigenvalue weighted by Crippen LogP contribution is -2.11. The Morgan fingerprint density at radius 3 is 2.29 bits per heavy atom. The molecule has 8 nitrogen and oxygen atoms in total. The second-order valence-corrected chi connectivity index (χ2v) is 7.24. The van der Waals surface area contributed by atoms with E-state index in [0.29, 0.717) is 43.8 Å². The minimum atomic E-state index is -0.900. The van der Waals surface area contributed by atoms with Crippen molar-refractivity contribution in [2.24, 2.45) is 0 Å². The van der Waals surface area contributed by atoms with E-state index < -0.39 is 11.1 Å². The summed E-state index contributed by atoms with van der Waals surface area (Å²) >= 11 is 12.6. The number of benzene rings is 2. The van der Waals surface area contributed by atoms with Gasteiger partial charge in [-0.15, -0.1) is 10.1 Å². The molecule has 0 aliphatic heterocycles. The van der Waals surface area contributed by atoms with Crippen LogP contribution in [0.3, 0.4) is 0 Å². The van der Waals surface area contributed by atoms with Gasteiger partial charge in [0.2, 0.25) is 0 Å². The van der Waals surface area contributed by atoms with Crippen molar-refractivity contribution < 1.29 is 19.5 Å². The smallest absolute Gasteiger partial charge is 0.310 e. The normalized spacial score (nSPS) is 10.5. The fourth-order valence-electron chi connectivity index (χ4n) is 2.91. The van der Waals surface area contributed by atoms with E-state index in [0.717, 1.165) is 0 Å². The van der Waals surface area contributed by atoms with Gasteiger partial charge >= 0.3 is 5.97 Å². The third-order valence-corrected chi connectivity index (χ3v) is 4.96. The monoisotopic (exact) mass is 461 g/mol. The van der Waals surface area contributed by atoms with Crippen LogP contribution in [0.2, 0.25) is 10.0 Å². The predicted octanol–water partition coefficient (Wildman–Crippen LogP) is 4.63. The Balaban J connectivity index is 1.68. The Labute approximate surface area is 187 Å². The summed E-state index contributed by atoms with van der Waals surface area (Å²) < 4.78 is 5.28. The molecule has 3 rings (SSSR count). The van der Waals surface area contributed by atoms with Crippen LogP contribution in [0, 0.1) is 10.1 Å². The number of nitrogens with zero attached hydrogens (tertiary/aromatic N) is 2. The quantitative estimate of drug-likeness (QED) is 0.224. The first-order valence-corrected chi connectivity index (χ1v) is 9.80. The zero-order valence-electron chi connectivity index (χ0n) is 16.1. The number of pyridine rings is 1. The first-order valence-electron chi connectivity index (χ1n) is 9.04. The van der Waals surface area contributed by atoms with Gasteiger partial charge in [0.25, 0.3) is 5.09 Å². The van der Waals surface area contributed by atoms with Crippen LogP contribution in [0.4, 0.5) is 5.69 Å². The molecule has 160 valence electrons. The molecule has 2 N–H and O–H groups in total. The third kappa shape index (κ3) is 5.84. The number of rotatable bonds is 8. The number of aromatic nitrogens is 1. The second-order valence-electron chi connectivity index (χ2n) is 6.43. The fourth-order valence-corrected chi connectivity index (χ4v) is 3.51. The molecule has 2 aromatic carbocycles. The van der Waals surface area contributed by atoms with Crippen molar-refractivity contribution in [2.75, 3.05) is 5.73 Å². The van der Waals surface area contributed by atoms with E-state index in [1.165, 1.54) is 0 Å². The first kappa shape index (κ1) is 22.3. The van der Waals surface area contributed by atoms with Crippen LogP contribution >= 0.6 is 23.2 Å². The summed E-state index contributed by atoms with van der Waals surface area (Å²) in [5, 5.41) is 10.3. The number of hydrogen-bond donors (Lipinski definition) is 1. The summed E-state index contributed by atoms with van der Waals surface area (Å²) in [5.74, 6) is -0.511. The lowest BCUT2D eigenvalue weighted by atomic mass is 9.98. The molecule has 0 spiro atoms. The average Bonchev–Trinajstić information content (AvgIpc) is 2.73. The van der Waals surface area contributed by atoms with Gasteiger partial charge in [-0.05, 0) is 29.8 Å². The Kier molecular flexibility index (Phi) is 7.28. The number of halogens is 2. The molecule has 0 aliphatic rings. The number of hydrogen-bond acceptors (Lipinski definition) is 7. The number of ether oxygens (including phenoxy) is 1. The highest BCUT2D eigenvalue weighted by Crippen LogP contribution is 2.38. The third-order valence-electron chi connectivity index (χ3n) is 4.33. The van der Waals surface area contributed by atoms with Crippen LogP contribution in [-0.4, -0.2) is 16.0 Å². The van der Waals surface area contributed by atoms with Gasteiger partial charge in [0.05, 0.1) is 17.8 Å². The number of carbonyl (C=O) groups excluding carboxylic acids is 1. The summed E-state index contributed by atoms with van der Waals surface area (Å²) in [4.78, 5) is 31.1. The molecule has 0 amide bonds. The van der Waals surface area contributed by atoms with E-state index in [-0.39, 0.29) is 19.6 Å². The zero-order chi connectivity index (χ0) is 22.4. The van der Waals surface area contributed by atoms with Crippen LogP contribution in [0.5, 0.6) is 0 Å². The number of nitrogen functional groups attached to an aromatic ring is 1. The number of anilines is 1. The molecule has 31 heavy (non-hydrogen) atoms. The Bertz CT molecular complexity index is 1100. The van der Waals surface area contributed by atoms with E-state index in [4.69, 9.17) is 33.7 Å². The van der Waals surface area contributed by atoms with E-state index in [1.54, 1.807) is 54.6 Å². The summed E-state index contributed by atoms with van der Waals surface area (Å²) in [7, 11) is 0. The van der Waals surface area contributed by atoms with E-state index in [1.807, 2.05) is 0 Å². The zero-order valence-corrected chi connectivity index (χ0v) is 17.6. The van der Waals surface area contributed by atoms with Crippen molar-refractivity contribution >= 4 is 34.9 Å². The van der Waals surface area contributed by atoms with Gasteiger partial charge in [-0.2, -0.15) is 0 Å². The van der Waals surface area contributed by atoms with Crippen LogP contribution in [0.15, 0.2) is 54.6 Å². The van der Waals surface area contributed by atoms with Crippen molar-refractivity contribution in [1.29, 1.82) is 0 Å². The fraction of sp³-hybridized carbons (Fsp3) is 0.143. The van der Waals surface area contributed by atoms with Gasteiger partial charge < -0.3 is 15.3 Å². The molecular weight excluding hydrogens is 445 g/mol. The number of para-hydroxylation sites is 1. The molecule has 10 heteroatoms. The molecule has 1 aromatic heterocycles. The van der Waals surface area contributed by atoms with Gasteiger partial charge in [0.15, 0.2) is 0 Å². The molecule has 0 atom stereocenters. The number of esters is 1. The minimum absolute atomic E-state index is 0.0636.